The zero-order valence-electron chi connectivity index (χ0n) is 7.37. The number of ether oxygens (including phenoxy) is 1. The van der Waals surface area contributed by atoms with Crippen LogP contribution in [-0.2, 0) is 11.3 Å². The summed E-state index contributed by atoms with van der Waals surface area (Å²) < 4.78 is 5.50. The van der Waals surface area contributed by atoms with Crippen LogP contribution < -0.4 is 5.73 Å². The summed E-state index contributed by atoms with van der Waals surface area (Å²) in [5.74, 6) is -0.979. The highest BCUT2D eigenvalue weighted by atomic mass is 79.9. The first-order chi connectivity index (χ1) is 6.66. The first-order valence-corrected chi connectivity index (χ1v) is 4.74. The number of nitrogens with two attached hydrogens (primary N) is 1. The lowest BCUT2D eigenvalue weighted by atomic mass is 10.1. The molecule has 0 amide bonds. The Morgan fingerprint density at radius 3 is 2.86 bits per heavy atom. The van der Waals surface area contributed by atoms with Gasteiger partial charge in [-0.15, -0.1) is 0 Å². The maximum atomic E-state index is 10.9. The highest BCUT2D eigenvalue weighted by Gasteiger charge is 2.13. The van der Waals surface area contributed by atoms with E-state index < -0.39 is 5.97 Å². The van der Waals surface area contributed by atoms with Gasteiger partial charge in [0.1, 0.15) is 0 Å². The number of aromatic carboxylic acids is 1. The maximum absolute atomic E-state index is 10.9. The molecule has 14 heavy (non-hydrogen) atoms. The van der Waals surface area contributed by atoms with E-state index in [0.29, 0.717) is 10.0 Å². The van der Waals surface area contributed by atoms with Gasteiger partial charge >= 0.3 is 5.97 Å². The van der Waals surface area contributed by atoms with Crippen LogP contribution in [0.25, 0.3) is 0 Å². The molecule has 0 saturated carbocycles. The zero-order chi connectivity index (χ0) is 10.6. The van der Waals surface area contributed by atoms with Crippen LogP contribution in [0.5, 0.6) is 0 Å². The smallest absolute Gasteiger partial charge is 0.337 e. The number of rotatable bonds is 4. The second-order valence-electron chi connectivity index (χ2n) is 2.59. The number of carboxylic acids is 1. The van der Waals surface area contributed by atoms with Crippen LogP contribution in [0.4, 0.5) is 0 Å². The molecule has 0 saturated heterocycles. The summed E-state index contributed by atoms with van der Waals surface area (Å²) in [7, 11) is 0. The quantitative estimate of drug-likeness (QED) is 0.806. The molecule has 76 valence electrons. The van der Waals surface area contributed by atoms with Gasteiger partial charge in [-0.05, 0) is 27.6 Å². The molecule has 0 atom stereocenters. The lowest BCUT2D eigenvalue weighted by Crippen LogP contribution is -2.08. The van der Waals surface area contributed by atoms with Gasteiger partial charge in [0.15, 0.2) is 0 Å². The molecular formula is C9H10BrNO3. The van der Waals surface area contributed by atoms with Crippen molar-refractivity contribution < 1.29 is 14.6 Å². The molecule has 0 aliphatic rings. The van der Waals surface area contributed by atoms with E-state index in [4.69, 9.17) is 15.6 Å². The Morgan fingerprint density at radius 2 is 2.29 bits per heavy atom. The van der Waals surface area contributed by atoms with Crippen molar-refractivity contribution in [3.8, 4) is 0 Å². The maximum Gasteiger partial charge on any atom is 0.337 e. The fourth-order valence-electron chi connectivity index (χ4n) is 1.10. The van der Waals surface area contributed by atoms with Crippen molar-refractivity contribution in [2.75, 3.05) is 6.73 Å². The first-order valence-electron chi connectivity index (χ1n) is 3.95. The fraction of sp³-hybridized carbons (Fsp3) is 0.222. The summed E-state index contributed by atoms with van der Waals surface area (Å²) in [5.41, 5.74) is 5.99. The summed E-state index contributed by atoms with van der Waals surface area (Å²) >= 11 is 3.17. The SMILES string of the molecule is NCOCc1cccc(Br)c1C(=O)O. The molecule has 0 fully saturated rings. The molecule has 0 unspecified atom stereocenters. The Labute approximate surface area is 89.8 Å². The summed E-state index contributed by atoms with van der Waals surface area (Å²) in [5, 5.41) is 8.93. The monoisotopic (exact) mass is 259 g/mol. The molecule has 0 aliphatic carbocycles. The number of hydrogen-bond acceptors (Lipinski definition) is 3. The van der Waals surface area contributed by atoms with Gasteiger partial charge < -0.3 is 15.6 Å². The van der Waals surface area contributed by atoms with Crippen LogP contribution in [0.15, 0.2) is 22.7 Å². The Morgan fingerprint density at radius 1 is 1.57 bits per heavy atom. The fourth-order valence-corrected chi connectivity index (χ4v) is 1.67. The summed E-state index contributed by atoms with van der Waals surface area (Å²) in [6.45, 7) is 0.281. The van der Waals surface area contributed by atoms with Crippen LogP contribution in [0.3, 0.4) is 0 Å². The average Bonchev–Trinajstić information content (AvgIpc) is 2.14. The highest BCUT2D eigenvalue weighted by Crippen LogP contribution is 2.21. The van der Waals surface area contributed by atoms with Gasteiger partial charge in [0.2, 0.25) is 0 Å². The van der Waals surface area contributed by atoms with Crippen molar-refractivity contribution in [1.82, 2.24) is 0 Å². The number of carboxylic acid groups (broad SMARTS) is 1. The van der Waals surface area contributed by atoms with Crippen LogP contribution in [0.2, 0.25) is 0 Å². The summed E-state index contributed by atoms with van der Waals surface area (Å²) in [6.07, 6.45) is 0. The van der Waals surface area contributed by atoms with Gasteiger partial charge in [-0.25, -0.2) is 4.79 Å². The molecule has 0 radical (unpaired) electrons. The van der Waals surface area contributed by atoms with E-state index in [1.165, 1.54) is 0 Å². The Bertz CT molecular complexity index is 341. The second-order valence-corrected chi connectivity index (χ2v) is 3.45. The van der Waals surface area contributed by atoms with E-state index in [0.717, 1.165) is 0 Å². The Hall–Kier alpha value is -0.910. The molecule has 0 heterocycles. The predicted octanol–water partition coefficient (Wildman–Crippen LogP) is 1.58. The Balaban J connectivity index is 3.02. The molecule has 0 aliphatic heterocycles. The van der Waals surface area contributed by atoms with Crippen molar-refractivity contribution >= 4 is 21.9 Å². The normalized spacial score (nSPS) is 10.1. The van der Waals surface area contributed by atoms with Gasteiger partial charge in [-0.1, -0.05) is 12.1 Å². The van der Waals surface area contributed by atoms with E-state index >= 15 is 0 Å². The third kappa shape index (κ3) is 2.54. The summed E-state index contributed by atoms with van der Waals surface area (Å²) in [4.78, 5) is 10.9. The number of hydrogen-bond donors (Lipinski definition) is 2. The molecule has 3 N–H and O–H groups in total. The second kappa shape index (κ2) is 5.09. The van der Waals surface area contributed by atoms with Gasteiger partial charge in [0, 0.05) is 4.47 Å². The lowest BCUT2D eigenvalue weighted by Gasteiger charge is -2.07. The molecule has 4 nitrogen and oxygen atoms in total. The van der Waals surface area contributed by atoms with Gasteiger partial charge in [0.25, 0.3) is 0 Å². The van der Waals surface area contributed by atoms with Gasteiger partial charge in [-0.2, -0.15) is 0 Å². The number of halogens is 1. The van der Waals surface area contributed by atoms with Gasteiger partial charge in [-0.3, -0.25) is 0 Å². The molecule has 0 spiro atoms. The van der Waals surface area contributed by atoms with Crippen molar-refractivity contribution in [3.05, 3.63) is 33.8 Å². The average molecular weight is 260 g/mol. The minimum Gasteiger partial charge on any atom is -0.478 e. The highest BCUT2D eigenvalue weighted by molar-refractivity contribution is 9.10. The first kappa shape index (κ1) is 11.2. The topological polar surface area (TPSA) is 72.5 Å². The molecular weight excluding hydrogens is 250 g/mol. The van der Waals surface area contributed by atoms with Gasteiger partial charge in [0.05, 0.1) is 18.9 Å². The van der Waals surface area contributed by atoms with E-state index in [2.05, 4.69) is 15.9 Å². The van der Waals surface area contributed by atoms with Crippen LogP contribution in [0, 0.1) is 0 Å². The van der Waals surface area contributed by atoms with Crippen LogP contribution in [0.1, 0.15) is 15.9 Å². The third-order valence-corrected chi connectivity index (χ3v) is 2.35. The molecule has 1 aromatic carbocycles. The molecule has 1 rings (SSSR count). The van der Waals surface area contributed by atoms with Crippen molar-refractivity contribution in [3.63, 3.8) is 0 Å². The van der Waals surface area contributed by atoms with Crippen LogP contribution in [-0.4, -0.2) is 17.8 Å². The minimum atomic E-state index is -0.979. The minimum absolute atomic E-state index is 0.0750. The lowest BCUT2D eigenvalue weighted by molar-refractivity contribution is 0.0687. The van der Waals surface area contributed by atoms with Crippen LogP contribution >= 0.6 is 15.9 Å². The number of benzene rings is 1. The zero-order valence-corrected chi connectivity index (χ0v) is 8.95. The van der Waals surface area contributed by atoms with Crippen molar-refractivity contribution in [1.29, 1.82) is 0 Å². The largest absolute Gasteiger partial charge is 0.478 e. The van der Waals surface area contributed by atoms with Crippen molar-refractivity contribution in [2.24, 2.45) is 5.73 Å². The standard InChI is InChI=1S/C9H10BrNO3/c10-7-3-1-2-6(4-14-5-11)8(7)9(12)13/h1-3H,4-5,11H2,(H,12,13). The predicted molar refractivity (Wildman–Crippen MR) is 54.9 cm³/mol. The summed E-state index contributed by atoms with van der Waals surface area (Å²) in [6, 6.07) is 5.13. The van der Waals surface area contributed by atoms with E-state index in [9.17, 15) is 4.79 Å². The van der Waals surface area contributed by atoms with E-state index in [1.807, 2.05) is 0 Å². The number of carbonyl (C=O) groups is 1. The molecule has 0 aromatic heterocycles. The molecule has 0 bridgehead atoms. The Kier molecular flexibility index (Phi) is 4.06. The molecule has 5 heteroatoms. The van der Waals surface area contributed by atoms with Crippen molar-refractivity contribution in [2.45, 2.75) is 6.61 Å². The third-order valence-electron chi connectivity index (χ3n) is 1.69. The molecule has 1 aromatic rings. The van der Waals surface area contributed by atoms with E-state index in [1.54, 1.807) is 18.2 Å². The van der Waals surface area contributed by atoms with E-state index in [-0.39, 0.29) is 18.9 Å².